The van der Waals surface area contributed by atoms with Gasteiger partial charge in [-0.15, -0.1) is 0 Å². The lowest BCUT2D eigenvalue weighted by molar-refractivity contribution is -0.125. The topological polar surface area (TPSA) is 38.3 Å². The summed E-state index contributed by atoms with van der Waals surface area (Å²) in [6.07, 6.45) is 7.98. The SMILES string of the molecule is CCCC1(C(=O)C2=CCCCO2)CCCN1. The molecule has 1 saturated heterocycles. The molecule has 16 heavy (non-hydrogen) atoms. The molecule has 0 bridgehead atoms. The molecule has 0 radical (unpaired) electrons. The Kier molecular flexibility index (Phi) is 3.64. The quantitative estimate of drug-likeness (QED) is 0.793. The molecule has 0 saturated carbocycles. The first kappa shape index (κ1) is 11.6. The zero-order valence-corrected chi connectivity index (χ0v) is 10.1. The first-order valence-corrected chi connectivity index (χ1v) is 6.41. The van der Waals surface area contributed by atoms with Crippen LogP contribution in [-0.2, 0) is 9.53 Å². The Hall–Kier alpha value is -0.830. The number of nitrogens with one attached hydrogen (secondary N) is 1. The third-order valence-electron chi connectivity index (χ3n) is 3.51. The fourth-order valence-corrected chi connectivity index (χ4v) is 2.71. The first-order chi connectivity index (χ1) is 7.78. The molecule has 0 spiro atoms. The number of carbonyl (C=O) groups is 1. The van der Waals surface area contributed by atoms with E-state index in [0.717, 1.165) is 45.1 Å². The Morgan fingerprint density at radius 2 is 2.44 bits per heavy atom. The van der Waals surface area contributed by atoms with Gasteiger partial charge in [-0.2, -0.15) is 0 Å². The number of hydrogen-bond acceptors (Lipinski definition) is 3. The van der Waals surface area contributed by atoms with Gasteiger partial charge >= 0.3 is 0 Å². The number of ketones is 1. The van der Waals surface area contributed by atoms with Crippen LogP contribution >= 0.6 is 0 Å². The van der Waals surface area contributed by atoms with Gasteiger partial charge in [0.2, 0.25) is 5.78 Å². The largest absolute Gasteiger partial charge is 0.490 e. The molecule has 3 heteroatoms. The number of hydrogen-bond donors (Lipinski definition) is 1. The minimum atomic E-state index is -0.322. The van der Waals surface area contributed by atoms with E-state index in [4.69, 9.17) is 4.74 Å². The number of rotatable bonds is 4. The zero-order chi connectivity index (χ0) is 11.4. The Morgan fingerprint density at radius 1 is 1.56 bits per heavy atom. The zero-order valence-electron chi connectivity index (χ0n) is 10.1. The van der Waals surface area contributed by atoms with E-state index in [1.807, 2.05) is 6.08 Å². The molecule has 1 atom stereocenters. The summed E-state index contributed by atoms with van der Waals surface area (Å²) in [5.41, 5.74) is -0.322. The van der Waals surface area contributed by atoms with Crippen LogP contribution < -0.4 is 5.32 Å². The van der Waals surface area contributed by atoms with Crippen LogP contribution in [0.25, 0.3) is 0 Å². The number of carbonyl (C=O) groups excluding carboxylic acids is 1. The van der Waals surface area contributed by atoms with Gasteiger partial charge in [-0.05, 0) is 44.7 Å². The Balaban J connectivity index is 2.13. The molecule has 0 aromatic rings. The van der Waals surface area contributed by atoms with Crippen LogP contribution in [-0.4, -0.2) is 24.5 Å². The molecule has 0 aromatic heterocycles. The molecular formula is C13H21NO2. The van der Waals surface area contributed by atoms with Gasteiger partial charge in [0.1, 0.15) is 0 Å². The van der Waals surface area contributed by atoms with Gasteiger partial charge in [0, 0.05) is 0 Å². The van der Waals surface area contributed by atoms with Crippen LogP contribution in [0.2, 0.25) is 0 Å². The normalized spacial score (nSPS) is 29.7. The van der Waals surface area contributed by atoms with Crippen LogP contribution in [0.15, 0.2) is 11.8 Å². The van der Waals surface area contributed by atoms with Gasteiger partial charge in [0.25, 0.3) is 0 Å². The van der Waals surface area contributed by atoms with Gasteiger partial charge in [-0.25, -0.2) is 0 Å². The molecule has 0 amide bonds. The number of ether oxygens (including phenoxy) is 1. The van der Waals surface area contributed by atoms with Gasteiger partial charge in [-0.3, -0.25) is 4.79 Å². The smallest absolute Gasteiger partial charge is 0.216 e. The number of allylic oxidation sites excluding steroid dienone is 1. The van der Waals surface area contributed by atoms with E-state index in [-0.39, 0.29) is 11.3 Å². The fourth-order valence-electron chi connectivity index (χ4n) is 2.71. The molecule has 1 unspecified atom stereocenters. The van der Waals surface area contributed by atoms with E-state index in [1.54, 1.807) is 0 Å². The van der Waals surface area contributed by atoms with Crippen molar-refractivity contribution >= 4 is 5.78 Å². The second-order valence-electron chi connectivity index (χ2n) is 4.75. The summed E-state index contributed by atoms with van der Waals surface area (Å²) < 4.78 is 5.50. The molecule has 1 N–H and O–H groups in total. The van der Waals surface area contributed by atoms with Crippen molar-refractivity contribution in [3.63, 3.8) is 0 Å². The lowest BCUT2D eigenvalue weighted by atomic mass is 9.86. The van der Waals surface area contributed by atoms with E-state index in [0.29, 0.717) is 12.4 Å². The summed E-state index contributed by atoms with van der Waals surface area (Å²) in [4.78, 5) is 12.5. The first-order valence-electron chi connectivity index (χ1n) is 6.41. The summed E-state index contributed by atoms with van der Waals surface area (Å²) in [5.74, 6) is 0.792. The molecule has 90 valence electrons. The highest BCUT2D eigenvalue weighted by Crippen LogP contribution is 2.29. The van der Waals surface area contributed by atoms with Crippen LogP contribution in [0.3, 0.4) is 0 Å². The monoisotopic (exact) mass is 223 g/mol. The predicted octanol–water partition coefficient (Wildman–Crippen LogP) is 2.17. The van der Waals surface area contributed by atoms with E-state index in [1.165, 1.54) is 0 Å². The molecular weight excluding hydrogens is 202 g/mol. The number of Topliss-reactive ketones (excluding diaryl/α,β-unsaturated/α-hetero) is 1. The third-order valence-corrected chi connectivity index (χ3v) is 3.51. The van der Waals surface area contributed by atoms with Crippen LogP contribution in [0.4, 0.5) is 0 Å². The third kappa shape index (κ3) is 2.14. The van der Waals surface area contributed by atoms with Crippen molar-refractivity contribution in [3.05, 3.63) is 11.8 Å². The van der Waals surface area contributed by atoms with Crippen molar-refractivity contribution in [2.45, 2.75) is 51.0 Å². The molecule has 0 aromatic carbocycles. The van der Waals surface area contributed by atoms with Crippen molar-refractivity contribution in [2.24, 2.45) is 0 Å². The highest BCUT2D eigenvalue weighted by atomic mass is 16.5. The van der Waals surface area contributed by atoms with Crippen molar-refractivity contribution in [1.82, 2.24) is 5.32 Å². The molecule has 2 rings (SSSR count). The lowest BCUT2D eigenvalue weighted by Crippen LogP contribution is -2.48. The maximum atomic E-state index is 12.5. The summed E-state index contributed by atoms with van der Waals surface area (Å²) >= 11 is 0. The van der Waals surface area contributed by atoms with Crippen LogP contribution in [0.5, 0.6) is 0 Å². The lowest BCUT2D eigenvalue weighted by Gasteiger charge is -2.29. The predicted molar refractivity (Wildman–Crippen MR) is 63.2 cm³/mol. The highest BCUT2D eigenvalue weighted by molar-refractivity contribution is 6.01. The summed E-state index contributed by atoms with van der Waals surface area (Å²) in [5, 5.41) is 3.40. The fraction of sp³-hybridized carbons (Fsp3) is 0.769. The van der Waals surface area contributed by atoms with Crippen molar-refractivity contribution in [3.8, 4) is 0 Å². The molecule has 2 aliphatic rings. The molecule has 1 fully saturated rings. The maximum absolute atomic E-state index is 12.5. The van der Waals surface area contributed by atoms with Gasteiger partial charge in [0.05, 0.1) is 12.1 Å². The second-order valence-corrected chi connectivity index (χ2v) is 4.75. The average molecular weight is 223 g/mol. The Bertz CT molecular complexity index is 290. The standard InChI is InChI=1S/C13H21NO2/c1-2-7-13(8-5-9-14-13)12(15)11-6-3-4-10-16-11/h6,14H,2-5,7-10H2,1H3. The highest BCUT2D eigenvalue weighted by Gasteiger charge is 2.42. The maximum Gasteiger partial charge on any atom is 0.216 e. The second kappa shape index (κ2) is 5.00. The van der Waals surface area contributed by atoms with Crippen LogP contribution in [0, 0.1) is 0 Å². The summed E-state index contributed by atoms with van der Waals surface area (Å²) in [6.45, 7) is 3.78. The molecule has 3 nitrogen and oxygen atoms in total. The van der Waals surface area contributed by atoms with Gasteiger partial charge in [-0.1, -0.05) is 13.3 Å². The molecule has 0 aliphatic carbocycles. The van der Waals surface area contributed by atoms with Crippen molar-refractivity contribution < 1.29 is 9.53 Å². The van der Waals surface area contributed by atoms with Crippen molar-refractivity contribution in [1.29, 1.82) is 0 Å². The van der Waals surface area contributed by atoms with Crippen LogP contribution in [0.1, 0.15) is 45.4 Å². The van der Waals surface area contributed by atoms with Crippen molar-refractivity contribution in [2.75, 3.05) is 13.2 Å². The van der Waals surface area contributed by atoms with Gasteiger partial charge in [0.15, 0.2) is 5.76 Å². The molecule has 2 heterocycles. The molecule has 2 aliphatic heterocycles. The van der Waals surface area contributed by atoms with E-state index >= 15 is 0 Å². The van der Waals surface area contributed by atoms with E-state index < -0.39 is 0 Å². The van der Waals surface area contributed by atoms with Gasteiger partial charge < -0.3 is 10.1 Å². The minimum Gasteiger partial charge on any atom is -0.490 e. The summed E-state index contributed by atoms with van der Waals surface area (Å²) in [6, 6.07) is 0. The average Bonchev–Trinajstić information content (AvgIpc) is 2.80. The van der Waals surface area contributed by atoms with E-state index in [2.05, 4.69) is 12.2 Å². The minimum absolute atomic E-state index is 0.187. The van der Waals surface area contributed by atoms with E-state index in [9.17, 15) is 4.79 Å². The summed E-state index contributed by atoms with van der Waals surface area (Å²) in [7, 11) is 0. The Morgan fingerprint density at radius 3 is 3.00 bits per heavy atom. The Labute approximate surface area is 97.2 Å².